The molecular weight excluding hydrogens is 503 g/mol. The summed E-state index contributed by atoms with van der Waals surface area (Å²) >= 11 is 0. The van der Waals surface area contributed by atoms with E-state index in [-0.39, 0.29) is 18.3 Å². The molecule has 1 aliphatic carbocycles. The number of anilines is 1. The van der Waals surface area contributed by atoms with Gasteiger partial charge in [-0.2, -0.15) is 18.0 Å². The maximum atomic E-state index is 12.7. The van der Waals surface area contributed by atoms with Gasteiger partial charge < -0.3 is 14.8 Å². The Kier molecular flexibility index (Phi) is 7.57. The molecule has 196 valence electrons. The predicted octanol–water partition coefficient (Wildman–Crippen LogP) is 3.74. The van der Waals surface area contributed by atoms with Crippen molar-refractivity contribution in [3.8, 4) is 22.8 Å². The Morgan fingerprint density at radius 1 is 1.19 bits per heavy atom. The molecule has 0 amide bonds. The Bertz CT molecular complexity index is 1320. The molecule has 0 radical (unpaired) electrons. The Balaban J connectivity index is 1.44. The maximum absolute atomic E-state index is 12.7. The van der Waals surface area contributed by atoms with Crippen molar-refractivity contribution in [3.63, 3.8) is 0 Å². The Hall–Kier alpha value is -3.10. The van der Waals surface area contributed by atoms with Crippen LogP contribution in [0.3, 0.4) is 0 Å². The lowest BCUT2D eigenvalue weighted by Crippen LogP contribution is -2.19. The number of nitrogens with two attached hydrogens (primary N) is 1. The van der Waals surface area contributed by atoms with Gasteiger partial charge in [-0.15, -0.1) is 13.2 Å². The average Bonchev–Trinajstić information content (AvgIpc) is 3.43. The summed E-state index contributed by atoms with van der Waals surface area (Å²) in [5, 5.41) is 12.8. The summed E-state index contributed by atoms with van der Waals surface area (Å²) in [5.74, 6) is 1.19. The summed E-state index contributed by atoms with van der Waals surface area (Å²) in [6, 6.07) is 7.17. The molecule has 0 bridgehead atoms. The molecule has 0 spiro atoms. The Labute approximate surface area is 205 Å². The molecule has 3 N–H and O–H groups in total. The minimum absolute atomic E-state index is 0.0997. The fraction of sp³-hybridized carbons (Fsp3) is 0.455. The third-order valence-corrected chi connectivity index (χ3v) is 6.48. The molecule has 1 aromatic carbocycles. The van der Waals surface area contributed by atoms with Crippen LogP contribution in [0.1, 0.15) is 25.7 Å². The van der Waals surface area contributed by atoms with Crippen molar-refractivity contribution in [2.24, 2.45) is 17.0 Å². The number of benzene rings is 1. The van der Waals surface area contributed by atoms with Crippen molar-refractivity contribution in [1.82, 2.24) is 14.6 Å². The van der Waals surface area contributed by atoms with Gasteiger partial charge in [0.15, 0.2) is 5.65 Å². The molecule has 1 fully saturated rings. The monoisotopic (exact) mass is 529 g/mol. The zero-order valence-electron chi connectivity index (χ0n) is 19.4. The molecule has 2 aromatic heterocycles. The van der Waals surface area contributed by atoms with Gasteiger partial charge in [-0.1, -0.05) is 6.42 Å². The zero-order valence-corrected chi connectivity index (χ0v) is 20.2. The van der Waals surface area contributed by atoms with Crippen molar-refractivity contribution in [1.29, 1.82) is 0 Å². The third kappa shape index (κ3) is 6.77. The van der Waals surface area contributed by atoms with E-state index in [1.807, 2.05) is 0 Å². The van der Waals surface area contributed by atoms with Gasteiger partial charge in [0, 0.05) is 24.4 Å². The average molecular weight is 530 g/mol. The lowest BCUT2D eigenvalue weighted by molar-refractivity contribution is -0.274. The van der Waals surface area contributed by atoms with E-state index in [1.165, 1.54) is 25.3 Å². The topological polar surface area (TPSA) is 130 Å². The highest BCUT2D eigenvalue weighted by Gasteiger charge is 2.31. The molecule has 2 unspecified atom stereocenters. The van der Waals surface area contributed by atoms with Gasteiger partial charge in [-0.05, 0) is 55.4 Å². The zero-order chi connectivity index (χ0) is 25.9. The quantitative estimate of drug-likeness (QED) is 0.406. The van der Waals surface area contributed by atoms with E-state index in [4.69, 9.17) is 14.1 Å². The van der Waals surface area contributed by atoms with Crippen molar-refractivity contribution >= 4 is 21.8 Å². The number of aromatic nitrogens is 3. The molecule has 0 saturated heterocycles. The van der Waals surface area contributed by atoms with E-state index in [9.17, 15) is 21.6 Å². The van der Waals surface area contributed by atoms with E-state index in [2.05, 4.69) is 20.1 Å². The number of nitrogens with one attached hydrogen (secondary N) is 1. The van der Waals surface area contributed by atoms with Crippen LogP contribution in [0, 0.1) is 11.8 Å². The number of fused-ring (bicyclic) bond motifs is 1. The first-order valence-electron chi connectivity index (χ1n) is 11.2. The van der Waals surface area contributed by atoms with Crippen LogP contribution in [0.5, 0.6) is 11.5 Å². The summed E-state index contributed by atoms with van der Waals surface area (Å²) in [7, 11) is -2.51. The van der Waals surface area contributed by atoms with E-state index in [1.54, 1.807) is 22.8 Å². The van der Waals surface area contributed by atoms with Gasteiger partial charge >= 0.3 is 16.7 Å². The van der Waals surface area contributed by atoms with E-state index >= 15 is 0 Å². The first kappa shape index (κ1) is 26.0. The second-order valence-corrected chi connectivity index (χ2v) is 9.80. The van der Waals surface area contributed by atoms with Crippen LogP contribution in [-0.4, -0.2) is 49.6 Å². The van der Waals surface area contributed by atoms with E-state index < -0.39 is 16.7 Å². The number of hydrogen-bond acceptors (Lipinski definition) is 8. The fourth-order valence-corrected chi connectivity index (χ4v) is 4.81. The molecule has 4 rings (SSSR count). The molecule has 1 aliphatic rings. The summed E-state index contributed by atoms with van der Waals surface area (Å²) < 4.78 is 75.7. The van der Waals surface area contributed by atoms with Gasteiger partial charge in [0.25, 0.3) is 0 Å². The fourth-order valence-electron chi connectivity index (χ4n) is 4.43. The van der Waals surface area contributed by atoms with Crippen LogP contribution < -0.4 is 19.9 Å². The smallest absolute Gasteiger partial charge is 0.496 e. The SMILES string of the molecule is COc1ccc(OC(F)(F)F)cc1-c1cc2nccc(NCCC3CCC(COS(N)(=O)=O)C3)n2n1. The first-order valence-corrected chi connectivity index (χ1v) is 12.7. The molecule has 10 nitrogen and oxygen atoms in total. The number of methoxy groups -OCH3 is 1. The summed E-state index contributed by atoms with van der Waals surface area (Å²) in [4.78, 5) is 4.30. The van der Waals surface area contributed by atoms with Crippen LogP contribution in [0.4, 0.5) is 19.0 Å². The highest BCUT2D eigenvalue weighted by atomic mass is 32.2. The van der Waals surface area contributed by atoms with Crippen molar-refractivity contribution in [3.05, 3.63) is 36.5 Å². The lowest BCUT2D eigenvalue weighted by atomic mass is 10.0. The molecule has 2 heterocycles. The molecular formula is C22H26F3N5O5S. The van der Waals surface area contributed by atoms with E-state index in [0.717, 1.165) is 25.7 Å². The summed E-state index contributed by atoms with van der Waals surface area (Å²) in [5.41, 5.74) is 1.20. The second kappa shape index (κ2) is 10.5. The maximum Gasteiger partial charge on any atom is 0.573 e. The summed E-state index contributed by atoms with van der Waals surface area (Å²) in [6.45, 7) is 0.739. The van der Waals surface area contributed by atoms with Gasteiger partial charge in [-0.25, -0.2) is 10.1 Å². The van der Waals surface area contributed by atoms with Crippen LogP contribution in [0.2, 0.25) is 0 Å². The molecule has 0 aliphatic heterocycles. The molecule has 2 atom stereocenters. The van der Waals surface area contributed by atoms with Crippen LogP contribution in [0.15, 0.2) is 36.5 Å². The van der Waals surface area contributed by atoms with Crippen LogP contribution in [-0.2, 0) is 14.5 Å². The molecule has 3 aromatic rings. The molecule has 14 heteroatoms. The van der Waals surface area contributed by atoms with Crippen molar-refractivity contribution < 1.29 is 35.2 Å². The third-order valence-electron chi connectivity index (χ3n) is 6.01. The number of ether oxygens (including phenoxy) is 2. The number of hydrogen-bond donors (Lipinski definition) is 2. The number of nitrogens with zero attached hydrogens (tertiary/aromatic N) is 3. The molecule has 36 heavy (non-hydrogen) atoms. The van der Waals surface area contributed by atoms with Crippen molar-refractivity contribution in [2.45, 2.75) is 32.0 Å². The van der Waals surface area contributed by atoms with Crippen LogP contribution in [0.25, 0.3) is 16.9 Å². The van der Waals surface area contributed by atoms with Gasteiger partial charge in [0.2, 0.25) is 0 Å². The predicted molar refractivity (Wildman–Crippen MR) is 125 cm³/mol. The normalized spacial score (nSPS) is 18.5. The Morgan fingerprint density at radius 3 is 2.69 bits per heavy atom. The van der Waals surface area contributed by atoms with Crippen molar-refractivity contribution in [2.75, 3.05) is 25.6 Å². The van der Waals surface area contributed by atoms with Gasteiger partial charge in [0.1, 0.15) is 17.3 Å². The van der Waals surface area contributed by atoms with Gasteiger partial charge in [-0.3, -0.25) is 4.18 Å². The number of halogens is 3. The highest BCUT2D eigenvalue weighted by molar-refractivity contribution is 7.84. The highest BCUT2D eigenvalue weighted by Crippen LogP contribution is 2.36. The van der Waals surface area contributed by atoms with E-state index in [0.29, 0.717) is 40.9 Å². The number of alkyl halides is 3. The largest absolute Gasteiger partial charge is 0.573 e. The minimum Gasteiger partial charge on any atom is -0.496 e. The summed E-state index contributed by atoms with van der Waals surface area (Å²) in [6.07, 6.45) is 0.340. The lowest BCUT2D eigenvalue weighted by Gasteiger charge is -2.13. The Morgan fingerprint density at radius 2 is 1.97 bits per heavy atom. The minimum atomic E-state index is -4.82. The first-order chi connectivity index (χ1) is 17.0. The van der Waals surface area contributed by atoms with Gasteiger partial charge in [0.05, 0.1) is 19.4 Å². The standard InChI is InChI=1S/C22H26F3N5O5S/c1-33-19-5-4-16(35-22(23,24)25)11-17(19)18-12-21-28-9-7-20(30(21)29-18)27-8-6-14-2-3-15(10-14)13-34-36(26,31)32/h4-5,7,9,11-12,14-15,27H,2-3,6,8,10,13H2,1H3,(H2,26,31,32). The second-order valence-electron chi connectivity index (χ2n) is 8.58. The number of rotatable bonds is 10. The molecule has 1 saturated carbocycles. The van der Waals surface area contributed by atoms with Crippen LogP contribution >= 0.6 is 0 Å².